The molecule has 0 radical (unpaired) electrons. The second kappa shape index (κ2) is 5.22. The van der Waals surface area contributed by atoms with Crippen LogP contribution in [0.1, 0.15) is 6.42 Å². The molecule has 1 aliphatic rings. The SMILES string of the molecule is NCC1CC(=O)N(c2ccc(-n3cncn3)c(Cl)c2)C1. The van der Waals surface area contributed by atoms with Crippen LogP contribution in [0.4, 0.5) is 5.69 Å². The lowest BCUT2D eigenvalue weighted by atomic mass is 10.1. The first-order valence-corrected chi connectivity index (χ1v) is 6.72. The smallest absolute Gasteiger partial charge is 0.227 e. The highest BCUT2D eigenvalue weighted by molar-refractivity contribution is 6.32. The van der Waals surface area contributed by atoms with Crippen LogP contribution in [0.2, 0.25) is 5.02 Å². The molecule has 1 fully saturated rings. The minimum atomic E-state index is 0.0880. The van der Waals surface area contributed by atoms with E-state index < -0.39 is 0 Å². The highest BCUT2D eigenvalue weighted by Gasteiger charge is 2.29. The van der Waals surface area contributed by atoms with E-state index in [4.69, 9.17) is 17.3 Å². The van der Waals surface area contributed by atoms with Crippen LogP contribution in [0.3, 0.4) is 0 Å². The highest BCUT2D eigenvalue weighted by Crippen LogP contribution is 2.29. The minimum absolute atomic E-state index is 0.0880. The first kappa shape index (κ1) is 13.1. The summed E-state index contributed by atoms with van der Waals surface area (Å²) in [6.07, 6.45) is 3.52. The number of carbonyl (C=O) groups excluding carboxylic acids is 1. The summed E-state index contributed by atoms with van der Waals surface area (Å²) < 4.78 is 1.58. The highest BCUT2D eigenvalue weighted by atomic mass is 35.5. The molecule has 7 heteroatoms. The largest absolute Gasteiger partial charge is 0.330 e. The summed E-state index contributed by atoms with van der Waals surface area (Å²) in [5.74, 6) is 0.307. The second-order valence-corrected chi connectivity index (χ2v) is 5.19. The van der Waals surface area contributed by atoms with Gasteiger partial charge in [-0.25, -0.2) is 9.67 Å². The Morgan fingerprint density at radius 3 is 2.90 bits per heavy atom. The third-order valence-corrected chi connectivity index (χ3v) is 3.75. The minimum Gasteiger partial charge on any atom is -0.330 e. The second-order valence-electron chi connectivity index (χ2n) is 4.79. The Labute approximate surface area is 121 Å². The first-order chi connectivity index (χ1) is 9.69. The lowest BCUT2D eigenvalue weighted by Crippen LogP contribution is -2.25. The van der Waals surface area contributed by atoms with Crippen LogP contribution >= 0.6 is 11.6 Å². The maximum atomic E-state index is 12.0. The Morgan fingerprint density at radius 1 is 1.45 bits per heavy atom. The van der Waals surface area contributed by atoms with E-state index in [1.165, 1.54) is 6.33 Å². The van der Waals surface area contributed by atoms with E-state index in [2.05, 4.69) is 10.1 Å². The fraction of sp³-hybridized carbons (Fsp3) is 0.308. The number of benzene rings is 1. The average Bonchev–Trinajstić information content (AvgIpc) is 3.07. The van der Waals surface area contributed by atoms with Crippen molar-refractivity contribution in [2.75, 3.05) is 18.0 Å². The van der Waals surface area contributed by atoms with Crippen LogP contribution in [0.15, 0.2) is 30.9 Å². The van der Waals surface area contributed by atoms with Crippen molar-refractivity contribution in [2.45, 2.75) is 6.42 Å². The predicted molar refractivity (Wildman–Crippen MR) is 75.9 cm³/mol. The van der Waals surface area contributed by atoms with E-state index in [1.807, 2.05) is 12.1 Å². The predicted octanol–water partition coefficient (Wildman–Crippen LogP) is 1.23. The van der Waals surface area contributed by atoms with Gasteiger partial charge in [0.1, 0.15) is 12.7 Å². The summed E-state index contributed by atoms with van der Waals surface area (Å²) in [4.78, 5) is 17.6. The molecule has 2 N–H and O–H groups in total. The van der Waals surface area contributed by atoms with Gasteiger partial charge in [0, 0.05) is 18.7 Å². The van der Waals surface area contributed by atoms with E-state index in [-0.39, 0.29) is 11.8 Å². The average molecular weight is 292 g/mol. The molecule has 20 heavy (non-hydrogen) atoms. The van der Waals surface area contributed by atoms with Gasteiger partial charge in [0.2, 0.25) is 5.91 Å². The van der Waals surface area contributed by atoms with Crippen molar-refractivity contribution in [2.24, 2.45) is 11.7 Å². The van der Waals surface area contributed by atoms with Gasteiger partial charge < -0.3 is 10.6 Å². The molecule has 1 aliphatic heterocycles. The molecule has 0 saturated carbocycles. The van der Waals surface area contributed by atoms with Crippen LogP contribution in [-0.2, 0) is 4.79 Å². The number of hydrogen-bond donors (Lipinski definition) is 1. The van der Waals surface area contributed by atoms with Crippen LogP contribution in [-0.4, -0.2) is 33.8 Å². The van der Waals surface area contributed by atoms with Gasteiger partial charge >= 0.3 is 0 Å². The number of rotatable bonds is 3. The normalized spacial score (nSPS) is 18.8. The fourth-order valence-electron chi connectivity index (χ4n) is 2.37. The molecular formula is C13H14ClN5O. The monoisotopic (exact) mass is 291 g/mol. The summed E-state index contributed by atoms with van der Waals surface area (Å²) in [7, 11) is 0. The van der Waals surface area contributed by atoms with Crippen LogP contribution in [0.25, 0.3) is 5.69 Å². The lowest BCUT2D eigenvalue weighted by Gasteiger charge is -2.17. The van der Waals surface area contributed by atoms with E-state index in [0.717, 1.165) is 11.4 Å². The number of nitrogens with zero attached hydrogens (tertiary/aromatic N) is 4. The number of anilines is 1. The van der Waals surface area contributed by atoms with Gasteiger partial charge in [-0.1, -0.05) is 11.6 Å². The molecule has 2 aromatic rings. The maximum Gasteiger partial charge on any atom is 0.227 e. The Bertz CT molecular complexity index is 628. The Balaban J connectivity index is 1.89. The molecule has 1 unspecified atom stereocenters. The first-order valence-electron chi connectivity index (χ1n) is 6.34. The third-order valence-electron chi connectivity index (χ3n) is 3.45. The molecule has 2 heterocycles. The molecule has 0 spiro atoms. The van der Waals surface area contributed by atoms with Gasteiger partial charge in [-0.05, 0) is 30.7 Å². The van der Waals surface area contributed by atoms with Crippen molar-refractivity contribution >= 4 is 23.2 Å². The molecule has 1 aromatic heterocycles. The van der Waals surface area contributed by atoms with Gasteiger partial charge in [0.15, 0.2) is 0 Å². The van der Waals surface area contributed by atoms with E-state index in [1.54, 1.807) is 22.0 Å². The summed E-state index contributed by atoms with van der Waals surface area (Å²) in [6.45, 7) is 1.17. The van der Waals surface area contributed by atoms with Gasteiger partial charge in [-0.2, -0.15) is 5.10 Å². The van der Waals surface area contributed by atoms with Crippen molar-refractivity contribution in [1.82, 2.24) is 14.8 Å². The zero-order chi connectivity index (χ0) is 14.1. The molecule has 3 rings (SSSR count). The summed E-state index contributed by atoms with van der Waals surface area (Å²) in [5, 5.41) is 4.56. The van der Waals surface area contributed by atoms with Crippen molar-refractivity contribution in [3.63, 3.8) is 0 Å². The molecule has 1 saturated heterocycles. The van der Waals surface area contributed by atoms with Crippen molar-refractivity contribution in [3.05, 3.63) is 35.9 Å². The topological polar surface area (TPSA) is 77.0 Å². The number of halogens is 1. The van der Waals surface area contributed by atoms with Crippen LogP contribution in [0.5, 0.6) is 0 Å². The zero-order valence-corrected chi connectivity index (χ0v) is 11.5. The van der Waals surface area contributed by atoms with Crippen LogP contribution in [0, 0.1) is 5.92 Å². The van der Waals surface area contributed by atoms with Gasteiger partial charge in [0.25, 0.3) is 0 Å². The maximum absolute atomic E-state index is 12.0. The van der Waals surface area contributed by atoms with E-state index in [9.17, 15) is 4.79 Å². The Kier molecular flexibility index (Phi) is 3.42. The van der Waals surface area contributed by atoms with Gasteiger partial charge in [-0.3, -0.25) is 4.79 Å². The third kappa shape index (κ3) is 2.28. The standard InChI is InChI=1S/C13H14ClN5O/c14-11-4-10(18-6-9(5-15)3-13(18)20)1-2-12(11)19-8-16-7-17-19/h1-2,4,7-9H,3,5-6,15H2. The number of carbonyl (C=O) groups is 1. The number of nitrogens with two attached hydrogens (primary N) is 1. The van der Waals surface area contributed by atoms with E-state index >= 15 is 0 Å². The molecular weight excluding hydrogens is 278 g/mol. The Morgan fingerprint density at radius 2 is 2.30 bits per heavy atom. The number of amides is 1. The molecule has 1 aromatic carbocycles. The summed E-state index contributed by atoms with van der Waals surface area (Å²) >= 11 is 6.27. The van der Waals surface area contributed by atoms with Gasteiger partial charge in [0.05, 0.1) is 10.7 Å². The fourth-order valence-corrected chi connectivity index (χ4v) is 2.63. The number of aromatic nitrogens is 3. The summed E-state index contributed by atoms with van der Waals surface area (Å²) in [5.41, 5.74) is 7.15. The molecule has 6 nitrogen and oxygen atoms in total. The number of hydrogen-bond acceptors (Lipinski definition) is 4. The molecule has 0 bridgehead atoms. The van der Waals surface area contributed by atoms with Gasteiger partial charge in [-0.15, -0.1) is 0 Å². The van der Waals surface area contributed by atoms with Crippen molar-refractivity contribution in [1.29, 1.82) is 0 Å². The zero-order valence-electron chi connectivity index (χ0n) is 10.7. The summed E-state index contributed by atoms with van der Waals surface area (Å²) in [6, 6.07) is 5.46. The Hall–Kier alpha value is -1.92. The van der Waals surface area contributed by atoms with Crippen molar-refractivity contribution < 1.29 is 4.79 Å². The molecule has 1 atom stereocenters. The molecule has 104 valence electrons. The van der Waals surface area contributed by atoms with Crippen LogP contribution < -0.4 is 10.6 Å². The quantitative estimate of drug-likeness (QED) is 0.923. The van der Waals surface area contributed by atoms with E-state index in [0.29, 0.717) is 24.5 Å². The van der Waals surface area contributed by atoms with Crippen molar-refractivity contribution in [3.8, 4) is 5.69 Å². The molecule has 0 aliphatic carbocycles. The molecule has 1 amide bonds. The lowest BCUT2D eigenvalue weighted by molar-refractivity contribution is -0.117.